The maximum absolute atomic E-state index is 12.6. The number of carboxylic acid groups (broad SMARTS) is 1. The van der Waals surface area contributed by atoms with Crippen LogP contribution in [0.3, 0.4) is 0 Å². The lowest BCUT2D eigenvalue weighted by molar-refractivity contribution is -0.143. The average molecular weight is 501 g/mol. The molecule has 0 spiro atoms. The third-order valence-corrected chi connectivity index (χ3v) is 6.45. The molecule has 0 radical (unpaired) electrons. The number of aliphatic hydroxyl groups is 1. The minimum Gasteiger partial charge on any atom is -0.491 e. The van der Waals surface area contributed by atoms with E-state index in [1.54, 1.807) is 18.2 Å². The summed E-state index contributed by atoms with van der Waals surface area (Å²) in [6.45, 7) is 2.32. The summed E-state index contributed by atoms with van der Waals surface area (Å²) in [5.74, 6) is -0.164. The molecule has 0 aliphatic heterocycles. The molecule has 1 saturated carbocycles. The molecule has 186 valence electrons. The predicted molar refractivity (Wildman–Crippen MR) is 130 cm³/mol. The number of nitrogens with zero attached hydrogens (tertiary/aromatic N) is 2. The highest BCUT2D eigenvalue weighted by Gasteiger charge is 2.26. The van der Waals surface area contributed by atoms with Crippen LogP contribution >= 0.6 is 11.6 Å². The third-order valence-electron chi connectivity index (χ3n) is 6.16. The van der Waals surface area contributed by atoms with E-state index in [-0.39, 0.29) is 42.0 Å². The lowest BCUT2D eigenvalue weighted by atomic mass is 9.82. The zero-order valence-electron chi connectivity index (χ0n) is 19.5. The molecule has 1 aromatic heterocycles. The van der Waals surface area contributed by atoms with Gasteiger partial charge in [0.1, 0.15) is 18.2 Å². The first-order chi connectivity index (χ1) is 16.8. The summed E-state index contributed by atoms with van der Waals surface area (Å²) in [6.07, 6.45) is 4.24. The fourth-order valence-electron chi connectivity index (χ4n) is 4.15. The summed E-state index contributed by atoms with van der Waals surface area (Å²) in [4.78, 5) is 28.0. The van der Waals surface area contributed by atoms with Crippen molar-refractivity contribution in [1.82, 2.24) is 10.3 Å². The Morgan fingerprint density at radius 2 is 2.03 bits per heavy atom. The monoisotopic (exact) mass is 500 g/mol. The largest absolute Gasteiger partial charge is 0.491 e. The minimum atomic E-state index is -0.747. The molecule has 0 saturated heterocycles. The molecule has 9 nitrogen and oxygen atoms in total. The van der Waals surface area contributed by atoms with E-state index in [9.17, 15) is 14.9 Å². The van der Waals surface area contributed by atoms with Crippen LogP contribution in [0.2, 0.25) is 5.02 Å². The van der Waals surface area contributed by atoms with E-state index in [4.69, 9.17) is 26.6 Å². The number of halogens is 1. The Labute approximate surface area is 209 Å². The van der Waals surface area contributed by atoms with Gasteiger partial charge in [-0.25, -0.2) is 4.98 Å². The lowest BCUT2D eigenvalue weighted by Crippen LogP contribution is -2.32. The molecule has 3 rings (SSSR count). The standard InChI is InChI=1S/C25H29ClN4O5/c1-15(20-10-17(12-27)4-7-22(20)35-9-8-31)30-23-21(26)11-19(14-28-23)24(32)29-13-16-2-5-18(6-3-16)25(33)34/h4,7,10-11,14-16,18,31H,2-3,5-6,8-9,13H2,1H3,(H,28,30)(H,29,32)(H,33,34)/t15-,16?,18?/m0/s1. The van der Waals surface area contributed by atoms with Crippen molar-refractivity contribution < 1.29 is 24.5 Å². The maximum Gasteiger partial charge on any atom is 0.306 e. The summed E-state index contributed by atoms with van der Waals surface area (Å²) in [5.41, 5.74) is 1.49. The zero-order chi connectivity index (χ0) is 25.4. The van der Waals surface area contributed by atoms with Crippen LogP contribution in [-0.2, 0) is 4.79 Å². The summed E-state index contributed by atoms with van der Waals surface area (Å²) in [6, 6.07) is 8.32. The number of nitrogens with one attached hydrogen (secondary N) is 2. The SMILES string of the molecule is C[C@H](Nc1ncc(C(=O)NCC2CCC(C(=O)O)CC2)cc1Cl)c1cc(C#N)ccc1OCCO. The maximum atomic E-state index is 12.6. The summed E-state index contributed by atoms with van der Waals surface area (Å²) in [5, 5.41) is 33.8. The van der Waals surface area contributed by atoms with Crippen molar-refractivity contribution in [2.45, 2.75) is 38.6 Å². The molecule has 0 bridgehead atoms. The number of hydrogen-bond donors (Lipinski definition) is 4. The molecular weight excluding hydrogens is 472 g/mol. The number of amides is 1. The van der Waals surface area contributed by atoms with Crippen molar-refractivity contribution >= 4 is 29.3 Å². The number of aliphatic carboxylic acids is 1. The van der Waals surface area contributed by atoms with Gasteiger partial charge >= 0.3 is 5.97 Å². The van der Waals surface area contributed by atoms with Gasteiger partial charge in [0.25, 0.3) is 5.91 Å². The van der Waals surface area contributed by atoms with E-state index >= 15 is 0 Å². The van der Waals surface area contributed by atoms with Crippen LogP contribution in [0.1, 0.15) is 60.1 Å². The van der Waals surface area contributed by atoms with Crippen molar-refractivity contribution in [3.05, 3.63) is 52.2 Å². The van der Waals surface area contributed by atoms with E-state index in [0.717, 1.165) is 12.8 Å². The Morgan fingerprint density at radius 1 is 1.29 bits per heavy atom. The van der Waals surface area contributed by atoms with Gasteiger partial charge in [-0.05, 0) is 62.8 Å². The van der Waals surface area contributed by atoms with Crippen LogP contribution in [0.15, 0.2) is 30.5 Å². The molecule has 1 aliphatic carbocycles. The van der Waals surface area contributed by atoms with Gasteiger partial charge in [0, 0.05) is 18.3 Å². The molecule has 1 aliphatic rings. The smallest absolute Gasteiger partial charge is 0.306 e. The molecule has 35 heavy (non-hydrogen) atoms. The third kappa shape index (κ3) is 7.07. The molecule has 1 amide bonds. The summed E-state index contributed by atoms with van der Waals surface area (Å²) < 4.78 is 5.59. The van der Waals surface area contributed by atoms with Gasteiger partial charge in [-0.3, -0.25) is 9.59 Å². The van der Waals surface area contributed by atoms with Crippen LogP contribution in [0.4, 0.5) is 5.82 Å². The summed E-state index contributed by atoms with van der Waals surface area (Å²) in [7, 11) is 0. The Kier molecular flexibility index (Phi) is 9.29. The Morgan fingerprint density at radius 3 is 2.66 bits per heavy atom. The van der Waals surface area contributed by atoms with Gasteiger partial charge in [-0.1, -0.05) is 11.6 Å². The molecule has 1 heterocycles. The average Bonchev–Trinajstić information content (AvgIpc) is 2.87. The van der Waals surface area contributed by atoms with Crippen molar-refractivity contribution in [2.75, 3.05) is 25.1 Å². The van der Waals surface area contributed by atoms with Crippen LogP contribution in [0.5, 0.6) is 5.75 Å². The Balaban J connectivity index is 1.62. The molecular formula is C25H29ClN4O5. The second-order valence-corrected chi connectivity index (χ2v) is 9.03. The second-order valence-electron chi connectivity index (χ2n) is 8.62. The number of pyridine rings is 1. The lowest BCUT2D eigenvalue weighted by Gasteiger charge is -2.26. The van der Waals surface area contributed by atoms with Gasteiger partial charge in [0.2, 0.25) is 0 Å². The number of carboxylic acids is 1. The normalized spacial score (nSPS) is 18.2. The molecule has 10 heteroatoms. The number of anilines is 1. The number of carbonyl (C=O) groups excluding carboxylic acids is 1. The fourth-order valence-corrected chi connectivity index (χ4v) is 4.37. The molecule has 0 unspecified atom stereocenters. The Hall–Kier alpha value is -3.35. The number of nitriles is 1. The number of rotatable bonds is 10. The second kappa shape index (κ2) is 12.4. The highest BCUT2D eigenvalue weighted by molar-refractivity contribution is 6.33. The molecule has 1 aromatic carbocycles. The number of benzene rings is 1. The van der Waals surface area contributed by atoms with Crippen molar-refractivity contribution in [2.24, 2.45) is 11.8 Å². The van der Waals surface area contributed by atoms with Gasteiger partial charge in [-0.2, -0.15) is 5.26 Å². The van der Waals surface area contributed by atoms with Crippen molar-refractivity contribution in [3.63, 3.8) is 0 Å². The molecule has 2 aromatic rings. The van der Waals surface area contributed by atoms with Crippen LogP contribution in [0, 0.1) is 23.2 Å². The first kappa shape index (κ1) is 26.3. The number of carbonyl (C=O) groups is 2. The van der Waals surface area contributed by atoms with E-state index in [0.29, 0.717) is 47.6 Å². The number of aliphatic hydroxyl groups excluding tert-OH is 1. The number of aromatic nitrogens is 1. The first-order valence-electron chi connectivity index (χ1n) is 11.5. The van der Waals surface area contributed by atoms with Crippen molar-refractivity contribution in [1.29, 1.82) is 5.26 Å². The zero-order valence-corrected chi connectivity index (χ0v) is 20.2. The number of ether oxygens (including phenoxy) is 1. The van der Waals surface area contributed by atoms with Crippen LogP contribution in [-0.4, -0.2) is 46.8 Å². The number of hydrogen-bond acceptors (Lipinski definition) is 7. The van der Waals surface area contributed by atoms with Crippen LogP contribution in [0.25, 0.3) is 0 Å². The molecule has 1 atom stereocenters. The Bertz CT molecular complexity index is 1100. The van der Waals surface area contributed by atoms with E-state index in [1.807, 2.05) is 6.92 Å². The van der Waals surface area contributed by atoms with Gasteiger partial charge < -0.3 is 25.6 Å². The summed E-state index contributed by atoms with van der Waals surface area (Å²) >= 11 is 6.40. The highest BCUT2D eigenvalue weighted by atomic mass is 35.5. The van der Waals surface area contributed by atoms with E-state index < -0.39 is 5.97 Å². The quantitative estimate of drug-likeness (QED) is 0.385. The van der Waals surface area contributed by atoms with Crippen LogP contribution < -0.4 is 15.4 Å². The van der Waals surface area contributed by atoms with Gasteiger partial charge in [0.15, 0.2) is 0 Å². The topological polar surface area (TPSA) is 145 Å². The molecule has 1 fully saturated rings. The first-order valence-corrected chi connectivity index (χ1v) is 11.9. The minimum absolute atomic E-state index is 0.120. The van der Waals surface area contributed by atoms with Gasteiger partial charge in [-0.15, -0.1) is 0 Å². The van der Waals surface area contributed by atoms with Gasteiger partial charge in [0.05, 0.1) is 40.8 Å². The van der Waals surface area contributed by atoms with E-state index in [1.165, 1.54) is 12.3 Å². The highest BCUT2D eigenvalue weighted by Crippen LogP contribution is 2.31. The predicted octanol–water partition coefficient (Wildman–Crippen LogP) is 3.77. The molecule has 4 N–H and O–H groups in total. The fraction of sp³-hybridized carbons (Fsp3) is 0.440. The van der Waals surface area contributed by atoms with Crippen molar-refractivity contribution in [3.8, 4) is 11.8 Å². The van der Waals surface area contributed by atoms with E-state index in [2.05, 4.69) is 21.7 Å².